The molecule has 0 radical (unpaired) electrons. The molecule has 0 aliphatic carbocycles. The molecule has 0 amide bonds. The third kappa shape index (κ3) is 2.58. The van der Waals surface area contributed by atoms with Gasteiger partial charge in [0.05, 0.1) is 0 Å². The summed E-state index contributed by atoms with van der Waals surface area (Å²) in [6.07, 6.45) is 3.38. The van der Waals surface area contributed by atoms with Crippen molar-refractivity contribution in [2.45, 2.75) is 17.7 Å². The van der Waals surface area contributed by atoms with Crippen molar-refractivity contribution >= 4 is 15.9 Å². The van der Waals surface area contributed by atoms with Crippen LogP contribution < -0.4 is 0 Å². The SMILES string of the molecule is CC(c1ccncc1)C(Br)c1cccc(F)c1F. The first kappa shape index (κ1) is 13.1. The summed E-state index contributed by atoms with van der Waals surface area (Å²) in [5.41, 5.74) is 1.36. The van der Waals surface area contributed by atoms with E-state index in [1.165, 1.54) is 6.07 Å². The summed E-state index contributed by atoms with van der Waals surface area (Å²) in [5.74, 6) is -1.59. The first-order valence-corrected chi connectivity index (χ1v) is 6.50. The van der Waals surface area contributed by atoms with Crippen LogP contribution in [0.5, 0.6) is 0 Å². The van der Waals surface area contributed by atoms with Crippen LogP contribution in [0.4, 0.5) is 8.78 Å². The Balaban J connectivity index is 2.31. The minimum Gasteiger partial charge on any atom is -0.265 e. The minimum absolute atomic E-state index is 0.0179. The molecule has 0 bridgehead atoms. The summed E-state index contributed by atoms with van der Waals surface area (Å²) in [6, 6.07) is 7.97. The van der Waals surface area contributed by atoms with Gasteiger partial charge in [0.1, 0.15) is 0 Å². The van der Waals surface area contributed by atoms with E-state index in [1.807, 2.05) is 19.1 Å². The van der Waals surface area contributed by atoms with Crippen LogP contribution in [0.2, 0.25) is 0 Å². The van der Waals surface area contributed by atoms with Crippen molar-refractivity contribution in [2.75, 3.05) is 0 Å². The number of pyridine rings is 1. The fraction of sp³-hybridized carbons (Fsp3) is 0.214. The number of halogens is 3. The third-order valence-electron chi connectivity index (χ3n) is 2.95. The molecule has 0 saturated carbocycles. The highest BCUT2D eigenvalue weighted by atomic mass is 79.9. The van der Waals surface area contributed by atoms with Gasteiger partial charge < -0.3 is 0 Å². The molecule has 2 atom stereocenters. The number of hydrogen-bond donors (Lipinski definition) is 0. The maximum absolute atomic E-state index is 13.7. The van der Waals surface area contributed by atoms with Gasteiger partial charge in [-0.15, -0.1) is 0 Å². The molecule has 0 N–H and O–H groups in total. The van der Waals surface area contributed by atoms with Crippen LogP contribution in [0.1, 0.15) is 28.8 Å². The first-order chi connectivity index (χ1) is 8.61. The van der Waals surface area contributed by atoms with Gasteiger partial charge in [-0.05, 0) is 29.7 Å². The van der Waals surface area contributed by atoms with Crippen molar-refractivity contribution in [3.63, 3.8) is 0 Å². The first-order valence-electron chi connectivity index (χ1n) is 5.59. The smallest absolute Gasteiger partial charge is 0.163 e. The van der Waals surface area contributed by atoms with E-state index in [2.05, 4.69) is 20.9 Å². The Labute approximate surface area is 113 Å². The summed E-state index contributed by atoms with van der Waals surface area (Å²) in [6.45, 7) is 1.96. The predicted molar refractivity (Wildman–Crippen MR) is 70.7 cm³/mol. The third-order valence-corrected chi connectivity index (χ3v) is 4.24. The molecule has 1 nitrogen and oxygen atoms in total. The number of nitrogens with zero attached hydrogens (tertiary/aromatic N) is 1. The minimum atomic E-state index is -0.820. The molecular formula is C14H12BrF2N. The van der Waals surface area contributed by atoms with E-state index < -0.39 is 11.6 Å². The molecule has 0 spiro atoms. The number of aromatic nitrogens is 1. The molecule has 0 aliphatic rings. The molecule has 1 heterocycles. The summed E-state index contributed by atoms with van der Waals surface area (Å²) in [7, 11) is 0. The second kappa shape index (κ2) is 5.57. The number of rotatable bonds is 3. The predicted octanol–water partition coefficient (Wildman–Crippen LogP) is 4.60. The monoisotopic (exact) mass is 311 g/mol. The van der Waals surface area contributed by atoms with Crippen LogP contribution in [-0.4, -0.2) is 4.98 Å². The second-order valence-corrected chi connectivity index (χ2v) is 5.10. The molecule has 0 fully saturated rings. The van der Waals surface area contributed by atoms with Crippen molar-refractivity contribution in [3.8, 4) is 0 Å². The Kier molecular flexibility index (Phi) is 4.07. The summed E-state index contributed by atoms with van der Waals surface area (Å²) < 4.78 is 26.9. The second-order valence-electron chi connectivity index (χ2n) is 4.11. The van der Waals surface area contributed by atoms with Gasteiger partial charge in [-0.1, -0.05) is 35.0 Å². The molecule has 18 heavy (non-hydrogen) atoms. The molecule has 4 heteroatoms. The van der Waals surface area contributed by atoms with E-state index in [0.717, 1.165) is 11.6 Å². The van der Waals surface area contributed by atoms with Crippen LogP contribution in [0.3, 0.4) is 0 Å². The van der Waals surface area contributed by atoms with E-state index in [-0.39, 0.29) is 10.7 Å². The van der Waals surface area contributed by atoms with Gasteiger partial charge in [-0.2, -0.15) is 0 Å². The van der Waals surface area contributed by atoms with Gasteiger partial charge >= 0.3 is 0 Å². The number of benzene rings is 1. The number of alkyl halides is 1. The zero-order valence-electron chi connectivity index (χ0n) is 9.78. The average molecular weight is 312 g/mol. The quantitative estimate of drug-likeness (QED) is 0.755. The van der Waals surface area contributed by atoms with E-state index in [9.17, 15) is 8.78 Å². The lowest BCUT2D eigenvalue weighted by Gasteiger charge is -2.19. The van der Waals surface area contributed by atoms with Gasteiger partial charge in [-0.3, -0.25) is 4.98 Å². The highest BCUT2D eigenvalue weighted by Crippen LogP contribution is 2.38. The lowest BCUT2D eigenvalue weighted by Crippen LogP contribution is -2.05. The van der Waals surface area contributed by atoms with Crippen molar-refractivity contribution in [2.24, 2.45) is 0 Å². The Morgan fingerprint density at radius 3 is 2.44 bits per heavy atom. The van der Waals surface area contributed by atoms with Crippen molar-refractivity contribution in [1.29, 1.82) is 0 Å². The molecular weight excluding hydrogens is 300 g/mol. The highest BCUT2D eigenvalue weighted by Gasteiger charge is 2.22. The van der Waals surface area contributed by atoms with E-state index in [0.29, 0.717) is 5.56 Å². The Morgan fingerprint density at radius 2 is 1.78 bits per heavy atom. The van der Waals surface area contributed by atoms with Crippen LogP contribution in [0, 0.1) is 11.6 Å². The highest BCUT2D eigenvalue weighted by molar-refractivity contribution is 9.09. The molecule has 2 unspecified atom stereocenters. The maximum Gasteiger partial charge on any atom is 0.163 e. The fourth-order valence-electron chi connectivity index (χ4n) is 1.84. The van der Waals surface area contributed by atoms with Gasteiger partial charge in [-0.25, -0.2) is 8.78 Å². The molecule has 1 aromatic heterocycles. The topological polar surface area (TPSA) is 12.9 Å². The van der Waals surface area contributed by atoms with Crippen molar-refractivity contribution < 1.29 is 8.78 Å². The number of hydrogen-bond acceptors (Lipinski definition) is 1. The largest absolute Gasteiger partial charge is 0.265 e. The van der Waals surface area contributed by atoms with Crippen molar-refractivity contribution in [1.82, 2.24) is 4.98 Å². The van der Waals surface area contributed by atoms with Gasteiger partial charge in [0.25, 0.3) is 0 Å². The van der Waals surface area contributed by atoms with Crippen LogP contribution >= 0.6 is 15.9 Å². The average Bonchev–Trinajstić information content (AvgIpc) is 2.41. The van der Waals surface area contributed by atoms with E-state index in [4.69, 9.17) is 0 Å². The Bertz CT molecular complexity index is 531. The van der Waals surface area contributed by atoms with E-state index in [1.54, 1.807) is 18.5 Å². The Morgan fingerprint density at radius 1 is 1.11 bits per heavy atom. The van der Waals surface area contributed by atoms with Gasteiger partial charge in [0.15, 0.2) is 11.6 Å². The zero-order chi connectivity index (χ0) is 13.1. The molecule has 1 aromatic carbocycles. The summed E-state index contributed by atoms with van der Waals surface area (Å²) >= 11 is 3.45. The molecule has 0 saturated heterocycles. The molecule has 94 valence electrons. The standard InChI is InChI=1S/C14H12BrF2N/c1-9(10-5-7-18-8-6-10)13(15)11-3-2-4-12(16)14(11)17/h2-9,13H,1H3. The zero-order valence-corrected chi connectivity index (χ0v) is 11.4. The molecule has 2 rings (SSSR count). The lowest BCUT2D eigenvalue weighted by molar-refractivity contribution is 0.494. The van der Waals surface area contributed by atoms with Crippen molar-refractivity contribution in [3.05, 3.63) is 65.5 Å². The fourth-order valence-corrected chi connectivity index (χ4v) is 2.50. The normalized spacial score (nSPS) is 14.2. The summed E-state index contributed by atoms with van der Waals surface area (Å²) in [5, 5.41) is 0. The van der Waals surface area contributed by atoms with Crippen LogP contribution in [-0.2, 0) is 0 Å². The lowest BCUT2D eigenvalue weighted by atomic mass is 9.94. The van der Waals surface area contributed by atoms with Gasteiger partial charge in [0.2, 0.25) is 0 Å². The molecule has 2 aromatic rings. The molecule has 0 aliphatic heterocycles. The summed E-state index contributed by atoms with van der Waals surface area (Å²) in [4.78, 5) is 3.66. The van der Waals surface area contributed by atoms with E-state index >= 15 is 0 Å². The van der Waals surface area contributed by atoms with Gasteiger partial charge in [0, 0.05) is 22.8 Å². The van der Waals surface area contributed by atoms with Crippen LogP contribution in [0.15, 0.2) is 42.7 Å². The Hall–Kier alpha value is -1.29. The van der Waals surface area contributed by atoms with Crippen LogP contribution in [0.25, 0.3) is 0 Å². The maximum atomic E-state index is 13.7.